The number of nitrogens with zero attached hydrogens (tertiary/aromatic N) is 1. The lowest BCUT2D eigenvalue weighted by molar-refractivity contribution is -0.0883. The number of aromatic nitrogens is 2. The molecule has 1 aliphatic carbocycles. The molecular formula is C17H28N2OS. The van der Waals surface area contributed by atoms with Crippen LogP contribution in [-0.2, 0) is 15.8 Å². The van der Waals surface area contributed by atoms with E-state index in [2.05, 4.69) is 44.6 Å². The van der Waals surface area contributed by atoms with E-state index in [0.29, 0.717) is 17.2 Å². The van der Waals surface area contributed by atoms with Gasteiger partial charge in [0.15, 0.2) is 0 Å². The van der Waals surface area contributed by atoms with Crippen LogP contribution in [0.3, 0.4) is 0 Å². The second-order valence-electron chi connectivity index (χ2n) is 7.36. The van der Waals surface area contributed by atoms with Gasteiger partial charge in [-0.25, -0.2) is 4.98 Å². The Kier molecular flexibility index (Phi) is 4.89. The zero-order valence-electron chi connectivity index (χ0n) is 14.0. The molecule has 1 N–H and O–H groups in total. The maximum Gasteiger partial charge on any atom is 0.140 e. The molecule has 3 nitrogen and oxygen atoms in total. The largest absolute Gasteiger partial charge is 0.367 e. The van der Waals surface area contributed by atoms with E-state index < -0.39 is 0 Å². The summed E-state index contributed by atoms with van der Waals surface area (Å²) in [7, 11) is 0. The normalized spacial score (nSPS) is 26.8. The Morgan fingerprint density at radius 3 is 2.76 bits per heavy atom. The fraction of sp³-hybridized carbons (Fsp3) is 0.765. The molecule has 0 saturated heterocycles. The minimum atomic E-state index is -0.290. The fourth-order valence-electron chi connectivity index (χ4n) is 3.27. The van der Waals surface area contributed by atoms with Gasteiger partial charge in [0.2, 0.25) is 0 Å². The van der Waals surface area contributed by atoms with Crippen molar-refractivity contribution in [3.63, 3.8) is 0 Å². The monoisotopic (exact) mass is 308 g/mol. The highest BCUT2D eigenvalue weighted by Gasteiger charge is 2.40. The van der Waals surface area contributed by atoms with Gasteiger partial charge in [0.1, 0.15) is 16.1 Å². The van der Waals surface area contributed by atoms with Crippen molar-refractivity contribution in [2.45, 2.75) is 71.3 Å². The SMILES string of the molecule is CCOC1(c2nc(=S)cc(C(C)(C)C)[nH]2)CCCC(C)C1. The van der Waals surface area contributed by atoms with Crippen molar-refractivity contribution in [1.82, 2.24) is 9.97 Å². The van der Waals surface area contributed by atoms with Gasteiger partial charge in [-0.05, 0) is 38.2 Å². The first-order valence-corrected chi connectivity index (χ1v) is 8.44. The van der Waals surface area contributed by atoms with Crippen molar-refractivity contribution < 1.29 is 4.74 Å². The van der Waals surface area contributed by atoms with Crippen LogP contribution >= 0.6 is 12.2 Å². The third-order valence-corrected chi connectivity index (χ3v) is 4.57. The number of H-pyrrole nitrogens is 1. The summed E-state index contributed by atoms with van der Waals surface area (Å²) in [5.74, 6) is 1.58. The molecule has 1 aliphatic rings. The molecule has 1 aromatic heterocycles. The highest BCUT2D eigenvalue weighted by atomic mass is 32.1. The molecule has 2 unspecified atom stereocenters. The summed E-state index contributed by atoms with van der Waals surface area (Å²) in [4.78, 5) is 8.17. The van der Waals surface area contributed by atoms with Crippen LogP contribution in [0.4, 0.5) is 0 Å². The Bertz CT molecular complexity index is 542. The van der Waals surface area contributed by atoms with E-state index in [1.165, 1.54) is 12.8 Å². The number of aromatic amines is 1. The van der Waals surface area contributed by atoms with Crippen molar-refractivity contribution in [2.24, 2.45) is 5.92 Å². The number of rotatable bonds is 3. The van der Waals surface area contributed by atoms with Crippen LogP contribution in [0.5, 0.6) is 0 Å². The van der Waals surface area contributed by atoms with E-state index in [-0.39, 0.29) is 11.0 Å². The maximum absolute atomic E-state index is 6.21. The molecule has 2 atom stereocenters. The highest BCUT2D eigenvalue weighted by Crippen LogP contribution is 2.41. The lowest BCUT2D eigenvalue weighted by Gasteiger charge is -2.39. The molecule has 2 rings (SSSR count). The van der Waals surface area contributed by atoms with Gasteiger partial charge in [0, 0.05) is 17.7 Å². The van der Waals surface area contributed by atoms with Gasteiger partial charge in [0.05, 0.1) is 0 Å². The van der Waals surface area contributed by atoms with Crippen molar-refractivity contribution >= 4 is 12.2 Å². The lowest BCUT2D eigenvalue weighted by Crippen LogP contribution is -2.37. The Morgan fingerprint density at radius 1 is 1.48 bits per heavy atom. The van der Waals surface area contributed by atoms with Crippen LogP contribution in [0.2, 0.25) is 0 Å². The van der Waals surface area contributed by atoms with Crippen molar-refractivity contribution in [3.05, 3.63) is 22.2 Å². The third kappa shape index (κ3) is 3.72. The van der Waals surface area contributed by atoms with E-state index in [9.17, 15) is 0 Å². The minimum absolute atomic E-state index is 0.0267. The Hall–Kier alpha value is -0.740. The summed E-state index contributed by atoms with van der Waals surface area (Å²) in [5.41, 5.74) is 0.870. The highest BCUT2D eigenvalue weighted by molar-refractivity contribution is 7.71. The van der Waals surface area contributed by atoms with E-state index in [0.717, 1.165) is 24.4 Å². The first kappa shape index (κ1) is 16.6. The average Bonchev–Trinajstić information content (AvgIpc) is 2.37. The van der Waals surface area contributed by atoms with Crippen LogP contribution in [0, 0.1) is 10.6 Å². The van der Waals surface area contributed by atoms with Crippen molar-refractivity contribution in [1.29, 1.82) is 0 Å². The standard InChI is InChI=1S/C17H28N2OS/c1-6-20-17(9-7-8-12(2)11-17)15-18-13(16(3,4)5)10-14(21)19-15/h10,12H,6-9,11H2,1-5H3,(H,18,19,21). The molecule has 4 heteroatoms. The Labute approximate surface area is 133 Å². The molecule has 0 aromatic carbocycles. The van der Waals surface area contributed by atoms with Crippen molar-refractivity contribution in [2.75, 3.05) is 6.61 Å². The Balaban J connectivity index is 2.50. The third-order valence-electron chi connectivity index (χ3n) is 4.36. The van der Waals surface area contributed by atoms with Crippen LogP contribution in [-0.4, -0.2) is 16.6 Å². The van der Waals surface area contributed by atoms with Gasteiger partial charge >= 0.3 is 0 Å². The molecule has 1 fully saturated rings. The lowest BCUT2D eigenvalue weighted by atomic mass is 9.78. The average molecular weight is 308 g/mol. The van der Waals surface area contributed by atoms with Gasteiger partial charge in [0.25, 0.3) is 0 Å². The predicted octanol–water partition coefficient (Wildman–Crippen LogP) is 4.88. The van der Waals surface area contributed by atoms with Gasteiger partial charge in [-0.1, -0.05) is 46.3 Å². The van der Waals surface area contributed by atoms with Crippen molar-refractivity contribution in [3.8, 4) is 0 Å². The molecule has 0 radical (unpaired) electrons. The second kappa shape index (κ2) is 6.17. The molecule has 0 aliphatic heterocycles. The maximum atomic E-state index is 6.21. The summed E-state index contributed by atoms with van der Waals surface area (Å²) >= 11 is 5.40. The first-order valence-electron chi connectivity index (χ1n) is 8.03. The zero-order chi connectivity index (χ0) is 15.7. The van der Waals surface area contributed by atoms with Crippen LogP contribution in [0.25, 0.3) is 0 Å². The van der Waals surface area contributed by atoms with E-state index in [1.807, 2.05) is 6.07 Å². The van der Waals surface area contributed by atoms with Crippen LogP contribution in [0.15, 0.2) is 6.07 Å². The topological polar surface area (TPSA) is 37.9 Å². The summed E-state index contributed by atoms with van der Waals surface area (Å²) in [6.07, 6.45) is 4.50. The molecule has 0 amide bonds. The molecule has 21 heavy (non-hydrogen) atoms. The van der Waals surface area contributed by atoms with E-state index in [4.69, 9.17) is 17.0 Å². The second-order valence-corrected chi connectivity index (χ2v) is 7.78. The summed E-state index contributed by atoms with van der Waals surface area (Å²) in [6.45, 7) is 11.6. The summed E-state index contributed by atoms with van der Waals surface area (Å²) in [6, 6.07) is 1.98. The van der Waals surface area contributed by atoms with E-state index >= 15 is 0 Å². The summed E-state index contributed by atoms with van der Waals surface area (Å²) < 4.78 is 6.87. The number of nitrogens with one attached hydrogen (secondary N) is 1. The number of ether oxygens (including phenoxy) is 1. The molecule has 1 aromatic rings. The van der Waals surface area contributed by atoms with Crippen LogP contribution in [0.1, 0.15) is 71.8 Å². The quantitative estimate of drug-likeness (QED) is 0.809. The number of hydrogen-bond donors (Lipinski definition) is 1. The fourth-order valence-corrected chi connectivity index (χ4v) is 3.48. The van der Waals surface area contributed by atoms with Gasteiger partial charge in [-0.15, -0.1) is 0 Å². The smallest absolute Gasteiger partial charge is 0.140 e. The first-order chi connectivity index (χ1) is 9.77. The summed E-state index contributed by atoms with van der Waals surface area (Å²) in [5, 5.41) is 0. The van der Waals surface area contributed by atoms with Gasteiger partial charge < -0.3 is 9.72 Å². The molecule has 1 saturated carbocycles. The molecule has 1 heterocycles. The molecule has 0 spiro atoms. The predicted molar refractivity (Wildman–Crippen MR) is 89.1 cm³/mol. The number of hydrogen-bond acceptors (Lipinski definition) is 3. The Morgan fingerprint density at radius 2 is 2.19 bits per heavy atom. The van der Waals surface area contributed by atoms with Crippen LogP contribution < -0.4 is 0 Å². The zero-order valence-corrected chi connectivity index (χ0v) is 14.8. The van der Waals surface area contributed by atoms with Gasteiger partial charge in [-0.3, -0.25) is 0 Å². The molecule has 0 bridgehead atoms. The van der Waals surface area contributed by atoms with E-state index in [1.54, 1.807) is 0 Å². The van der Waals surface area contributed by atoms with Gasteiger partial charge in [-0.2, -0.15) is 0 Å². The molecular weight excluding hydrogens is 280 g/mol. The minimum Gasteiger partial charge on any atom is -0.367 e. The molecule has 118 valence electrons.